The molecule has 9 heteroatoms. The van der Waals surface area contributed by atoms with Gasteiger partial charge in [0.05, 0.1) is 6.61 Å². The first-order valence-electron chi connectivity index (χ1n) is 21.0. The summed E-state index contributed by atoms with van der Waals surface area (Å²) in [6.45, 7) is 3.63. The van der Waals surface area contributed by atoms with E-state index in [-0.39, 0.29) is 19.4 Å². The molecule has 0 heterocycles. The molecule has 2 N–H and O–H groups in total. The van der Waals surface area contributed by atoms with Crippen molar-refractivity contribution in [1.82, 2.24) is 0 Å². The maximum Gasteiger partial charge on any atom is 0.469 e. The quantitative estimate of drug-likeness (QED) is 0.0278. The lowest BCUT2D eigenvalue weighted by Gasteiger charge is -2.18. The minimum atomic E-state index is -4.75. The third-order valence-electron chi connectivity index (χ3n) is 9.27. The lowest BCUT2D eigenvalue weighted by molar-refractivity contribution is -0.161. The standard InChI is InChI=1S/C41H79O8P/c1-3-5-7-9-11-13-15-16-17-18-19-20-21-22-23-24-25-26-28-29-31-33-35-40(42)47-37-39(38-48-50(44,45)46)49-41(43)36-34-32-30-27-14-12-10-8-6-4-2/h8,10,39H,3-7,9,11-38H2,1-2H3,(H2,44,45,46)/b10-8-. The van der Waals surface area contributed by atoms with Crippen LogP contribution in [0.15, 0.2) is 12.2 Å². The minimum Gasteiger partial charge on any atom is -0.462 e. The normalized spacial score (nSPS) is 12.5. The van der Waals surface area contributed by atoms with Crippen LogP contribution in [0.1, 0.15) is 219 Å². The van der Waals surface area contributed by atoms with Crippen LogP contribution in [0.4, 0.5) is 0 Å². The van der Waals surface area contributed by atoms with Crippen LogP contribution in [-0.4, -0.2) is 41.0 Å². The summed E-state index contributed by atoms with van der Waals surface area (Å²) in [7, 11) is -4.75. The van der Waals surface area contributed by atoms with Crippen molar-refractivity contribution < 1.29 is 37.9 Å². The number of phosphoric ester groups is 1. The number of allylic oxidation sites excluding steroid dienone is 2. The molecule has 0 bridgehead atoms. The molecule has 0 aliphatic heterocycles. The van der Waals surface area contributed by atoms with Gasteiger partial charge >= 0.3 is 19.8 Å². The molecule has 50 heavy (non-hydrogen) atoms. The lowest BCUT2D eigenvalue weighted by atomic mass is 10.0. The highest BCUT2D eigenvalue weighted by molar-refractivity contribution is 7.46. The van der Waals surface area contributed by atoms with Crippen molar-refractivity contribution in [3.8, 4) is 0 Å². The molecule has 0 saturated heterocycles. The summed E-state index contributed by atoms with van der Waals surface area (Å²) in [5.41, 5.74) is 0. The predicted octanol–water partition coefficient (Wildman–Crippen LogP) is 12.6. The Balaban J connectivity index is 3.77. The molecule has 0 rings (SSSR count). The lowest BCUT2D eigenvalue weighted by Crippen LogP contribution is -2.29. The number of hydrogen-bond donors (Lipinski definition) is 2. The fraction of sp³-hybridized carbons (Fsp3) is 0.902. The average molecular weight is 731 g/mol. The molecule has 0 fully saturated rings. The molecule has 0 spiro atoms. The molecular formula is C41H79O8P. The monoisotopic (exact) mass is 731 g/mol. The van der Waals surface area contributed by atoms with Gasteiger partial charge in [-0.2, -0.15) is 0 Å². The van der Waals surface area contributed by atoms with Crippen LogP contribution >= 0.6 is 7.82 Å². The van der Waals surface area contributed by atoms with E-state index in [0.717, 1.165) is 57.8 Å². The Kier molecular flexibility index (Phi) is 36.6. The van der Waals surface area contributed by atoms with E-state index in [9.17, 15) is 14.2 Å². The predicted molar refractivity (Wildman–Crippen MR) is 207 cm³/mol. The van der Waals surface area contributed by atoms with Crippen LogP contribution in [-0.2, 0) is 28.2 Å². The molecule has 0 aromatic heterocycles. The minimum absolute atomic E-state index is 0.205. The number of hydrogen-bond acceptors (Lipinski definition) is 6. The third kappa shape index (κ3) is 39.6. The molecule has 1 unspecified atom stereocenters. The summed E-state index contributed by atoms with van der Waals surface area (Å²) in [6.07, 6.45) is 41.0. The highest BCUT2D eigenvalue weighted by atomic mass is 31.2. The number of carbonyl (C=O) groups is 2. The zero-order valence-electron chi connectivity index (χ0n) is 32.6. The van der Waals surface area contributed by atoms with E-state index >= 15 is 0 Å². The molecule has 0 radical (unpaired) electrons. The molecule has 0 amide bonds. The zero-order chi connectivity index (χ0) is 36.8. The molecule has 0 aromatic carbocycles. The van der Waals surface area contributed by atoms with Gasteiger partial charge in [-0.1, -0.05) is 187 Å². The summed E-state index contributed by atoms with van der Waals surface area (Å²) in [4.78, 5) is 42.7. The van der Waals surface area contributed by atoms with E-state index in [1.807, 2.05) is 0 Å². The van der Waals surface area contributed by atoms with Crippen molar-refractivity contribution in [3.05, 3.63) is 12.2 Å². The van der Waals surface area contributed by atoms with Crippen molar-refractivity contribution >= 4 is 19.8 Å². The second kappa shape index (κ2) is 37.5. The second-order valence-corrected chi connectivity index (χ2v) is 15.6. The van der Waals surface area contributed by atoms with Crippen LogP contribution in [0.5, 0.6) is 0 Å². The van der Waals surface area contributed by atoms with Gasteiger partial charge < -0.3 is 19.3 Å². The van der Waals surface area contributed by atoms with E-state index < -0.39 is 32.5 Å². The van der Waals surface area contributed by atoms with Crippen LogP contribution in [0, 0.1) is 0 Å². The van der Waals surface area contributed by atoms with Gasteiger partial charge in [-0.15, -0.1) is 0 Å². The Labute approximate surface area is 307 Å². The number of carbonyl (C=O) groups excluding carboxylic acids is 2. The largest absolute Gasteiger partial charge is 0.469 e. The maximum atomic E-state index is 12.3. The van der Waals surface area contributed by atoms with E-state index in [2.05, 4.69) is 30.5 Å². The van der Waals surface area contributed by atoms with Gasteiger partial charge in [0, 0.05) is 12.8 Å². The topological polar surface area (TPSA) is 119 Å². The molecule has 296 valence electrons. The fourth-order valence-electron chi connectivity index (χ4n) is 6.14. The first-order chi connectivity index (χ1) is 24.3. The number of ether oxygens (including phenoxy) is 2. The molecule has 0 aromatic rings. The first kappa shape index (κ1) is 48.8. The molecule has 1 atom stereocenters. The van der Waals surface area contributed by atoms with Crippen molar-refractivity contribution in [2.75, 3.05) is 13.2 Å². The Bertz CT molecular complexity index is 827. The first-order valence-corrected chi connectivity index (χ1v) is 22.5. The van der Waals surface area contributed by atoms with Gasteiger partial charge in [0.25, 0.3) is 0 Å². The summed E-state index contributed by atoms with van der Waals surface area (Å²) < 4.78 is 26.3. The highest BCUT2D eigenvalue weighted by Gasteiger charge is 2.22. The van der Waals surface area contributed by atoms with E-state index in [1.54, 1.807) is 0 Å². The van der Waals surface area contributed by atoms with E-state index in [4.69, 9.17) is 19.3 Å². The number of unbranched alkanes of at least 4 members (excludes halogenated alkanes) is 27. The zero-order valence-corrected chi connectivity index (χ0v) is 33.5. The smallest absolute Gasteiger partial charge is 0.462 e. The Morgan fingerprint density at radius 1 is 0.500 bits per heavy atom. The summed E-state index contributed by atoms with van der Waals surface area (Å²) in [5.74, 6) is -0.887. The van der Waals surface area contributed by atoms with Gasteiger partial charge in [0.2, 0.25) is 0 Å². The summed E-state index contributed by atoms with van der Waals surface area (Å²) in [6, 6.07) is 0. The molecular weight excluding hydrogens is 651 g/mol. The maximum absolute atomic E-state index is 12.3. The van der Waals surface area contributed by atoms with Crippen LogP contribution in [0.2, 0.25) is 0 Å². The van der Waals surface area contributed by atoms with E-state index in [1.165, 1.54) is 128 Å². The van der Waals surface area contributed by atoms with Gasteiger partial charge in [-0.05, 0) is 32.1 Å². The van der Waals surface area contributed by atoms with Crippen molar-refractivity contribution in [2.24, 2.45) is 0 Å². The molecule has 0 aliphatic rings. The van der Waals surface area contributed by atoms with Gasteiger partial charge in [-0.3, -0.25) is 14.1 Å². The van der Waals surface area contributed by atoms with E-state index in [0.29, 0.717) is 6.42 Å². The Morgan fingerprint density at radius 3 is 1.30 bits per heavy atom. The average Bonchev–Trinajstić information content (AvgIpc) is 3.08. The van der Waals surface area contributed by atoms with Crippen molar-refractivity contribution in [1.29, 1.82) is 0 Å². The van der Waals surface area contributed by atoms with Crippen LogP contribution < -0.4 is 0 Å². The number of phosphoric acid groups is 1. The number of rotatable bonds is 39. The van der Waals surface area contributed by atoms with Gasteiger partial charge in [-0.25, -0.2) is 4.57 Å². The summed E-state index contributed by atoms with van der Waals surface area (Å²) >= 11 is 0. The Hall–Kier alpha value is -1.21. The fourth-order valence-corrected chi connectivity index (χ4v) is 6.50. The van der Waals surface area contributed by atoms with Crippen LogP contribution in [0.25, 0.3) is 0 Å². The number of esters is 2. The van der Waals surface area contributed by atoms with Crippen molar-refractivity contribution in [2.45, 2.75) is 225 Å². The SMILES string of the molecule is CCC/C=C\CCCCCCCC(=O)OC(COC(=O)CCCCCCCCCCCCCCCCCCCCCCCC)COP(=O)(O)O. The Morgan fingerprint density at radius 2 is 0.880 bits per heavy atom. The third-order valence-corrected chi connectivity index (χ3v) is 9.75. The molecule has 0 aliphatic carbocycles. The highest BCUT2D eigenvalue weighted by Crippen LogP contribution is 2.36. The second-order valence-electron chi connectivity index (χ2n) is 14.3. The van der Waals surface area contributed by atoms with Gasteiger partial charge in [0.15, 0.2) is 6.10 Å². The molecule has 0 saturated carbocycles. The van der Waals surface area contributed by atoms with Crippen LogP contribution in [0.3, 0.4) is 0 Å². The van der Waals surface area contributed by atoms with Gasteiger partial charge in [0.1, 0.15) is 6.61 Å². The summed E-state index contributed by atoms with van der Waals surface area (Å²) in [5, 5.41) is 0. The molecule has 8 nitrogen and oxygen atoms in total. The van der Waals surface area contributed by atoms with Crippen molar-refractivity contribution in [3.63, 3.8) is 0 Å².